The highest BCUT2D eigenvalue weighted by atomic mass is 32.1. The van der Waals surface area contributed by atoms with Gasteiger partial charge in [-0.2, -0.15) is 0 Å². The van der Waals surface area contributed by atoms with Crippen molar-refractivity contribution in [3.63, 3.8) is 0 Å². The Kier molecular flexibility index (Phi) is 5.70. The Hall–Kier alpha value is -1.46. The molecule has 0 fully saturated rings. The van der Waals surface area contributed by atoms with E-state index in [0.717, 1.165) is 24.3 Å². The van der Waals surface area contributed by atoms with Crippen LogP contribution in [-0.2, 0) is 6.54 Å². The summed E-state index contributed by atoms with van der Waals surface area (Å²) >= 11 is 1.73. The monoisotopic (exact) mass is 307 g/mol. The molecular weight excluding hydrogens is 285 g/mol. The van der Waals surface area contributed by atoms with Crippen LogP contribution >= 0.6 is 11.3 Å². The molecule has 0 saturated carbocycles. The lowest BCUT2D eigenvalue weighted by Crippen LogP contribution is -2.25. The van der Waals surface area contributed by atoms with Gasteiger partial charge in [0.25, 0.3) is 0 Å². The van der Waals surface area contributed by atoms with E-state index in [0.29, 0.717) is 6.54 Å². The first kappa shape index (κ1) is 15.9. The molecule has 0 saturated heterocycles. The summed E-state index contributed by atoms with van der Waals surface area (Å²) in [6.45, 7) is 5.80. The van der Waals surface area contributed by atoms with E-state index >= 15 is 0 Å². The second-order valence-electron chi connectivity index (χ2n) is 5.12. The van der Waals surface area contributed by atoms with E-state index in [1.807, 2.05) is 13.1 Å². The van der Waals surface area contributed by atoms with Crippen molar-refractivity contribution in [2.24, 2.45) is 0 Å². The Morgan fingerprint density at radius 3 is 2.95 bits per heavy atom. The molecule has 5 heteroatoms. The lowest BCUT2D eigenvalue weighted by atomic mass is 10.2. The van der Waals surface area contributed by atoms with E-state index in [4.69, 9.17) is 0 Å². The van der Waals surface area contributed by atoms with E-state index in [9.17, 15) is 4.39 Å². The molecule has 1 atom stereocenters. The maximum absolute atomic E-state index is 13.5. The smallest absolute Gasteiger partial charge is 0.141 e. The summed E-state index contributed by atoms with van der Waals surface area (Å²) in [6, 6.07) is 5.95. The molecule has 3 nitrogen and oxygen atoms in total. The van der Waals surface area contributed by atoms with Gasteiger partial charge in [-0.25, -0.2) is 9.37 Å². The first-order valence-electron chi connectivity index (χ1n) is 7.24. The van der Waals surface area contributed by atoms with Gasteiger partial charge in [0.15, 0.2) is 0 Å². The van der Waals surface area contributed by atoms with Gasteiger partial charge in [0, 0.05) is 24.0 Å². The molecule has 0 spiro atoms. The second-order valence-corrected chi connectivity index (χ2v) is 6.09. The molecule has 0 aliphatic rings. The molecule has 2 heterocycles. The first-order chi connectivity index (χ1) is 10.1. The van der Waals surface area contributed by atoms with E-state index < -0.39 is 0 Å². The van der Waals surface area contributed by atoms with E-state index in [2.05, 4.69) is 40.5 Å². The fourth-order valence-electron chi connectivity index (χ4n) is 2.22. The van der Waals surface area contributed by atoms with Gasteiger partial charge >= 0.3 is 0 Å². The number of thiophene rings is 1. The fourth-order valence-corrected chi connectivity index (χ4v) is 3.05. The SMILES string of the molecule is CCCNCc1cc(F)cnc1N(C)C(C)c1cccs1. The molecule has 2 aromatic heterocycles. The maximum atomic E-state index is 13.5. The fraction of sp³-hybridized carbons (Fsp3) is 0.438. The van der Waals surface area contributed by atoms with Crippen molar-refractivity contribution in [1.82, 2.24) is 10.3 Å². The predicted molar refractivity (Wildman–Crippen MR) is 87.3 cm³/mol. The van der Waals surface area contributed by atoms with Crippen molar-refractivity contribution in [2.45, 2.75) is 32.9 Å². The highest BCUT2D eigenvalue weighted by Gasteiger charge is 2.17. The highest BCUT2D eigenvalue weighted by molar-refractivity contribution is 7.10. The van der Waals surface area contributed by atoms with Gasteiger partial charge in [-0.05, 0) is 37.4 Å². The summed E-state index contributed by atoms with van der Waals surface area (Å²) in [5.41, 5.74) is 0.898. The second kappa shape index (κ2) is 7.52. The number of halogens is 1. The van der Waals surface area contributed by atoms with Crippen LogP contribution in [0.3, 0.4) is 0 Å². The van der Waals surface area contributed by atoms with Crippen molar-refractivity contribution < 1.29 is 4.39 Å². The van der Waals surface area contributed by atoms with Crippen LogP contribution in [0.1, 0.15) is 36.8 Å². The van der Waals surface area contributed by atoms with Gasteiger partial charge in [-0.3, -0.25) is 0 Å². The van der Waals surface area contributed by atoms with Crippen LogP contribution in [-0.4, -0.2) is 18.6 Å². The molecular formula is C16H22FN3S. The van der Waals surface area contributed by atoms with E-state index in [1.165, 1.54) is 11.1 Å². The summed E-state index contributed by atoms with van der Waals surface area (Å²) in [4.78, 5) is 7.68. The number of anilines is 1. The minimum atomic E-state index is -0.288. The summed E-state index contributed by atoms with van der Waals surface area (Å²) in [5, 5.41) is 5.39. The minimum Gasteiger partial charge on any atom is -0.352 e. The first-order valence-corrected chi connectivity index (χ1v) is 8.12. The van der Waals surface area contributed by atoms with Crippen molar-refractivity contribution in [1.29, 1.82) is 0 Å². The number of nitrogens with zero attached hydrogens (tertiary/aromatic N) is 2. The van der Waals surface area contributed by atoms with Crippen LogP contribution in [0.5, 0.6) is 0 Å². The zero-order chi connectivity index (χ0) is 15.2. The molecule has 2 rings (SSSR count). The van der Waals surface area contributed by atoms with Crippen LogP contribution in [0.2, 0.25) is 0 Å². The topological polar surface area (TPSA) is 28.2 Å². The summed E-state index contributed by atoms with van der Waals surface area (Å²) in [7, 11) is 2.01. The minimum absolute atomic E-state index is 0.216. The zero-order valence-electron chi connectivity index (χ0n) is 12.8. The summed E-state index contributed by atoms with van der Waals surface area (Å²) < 4.78 is 13.5. The van der Waals surface area contributed by atoms with Crippen LogP contribution in [0.25, 0.3) is 0 Å². The van der Waals surface area contributed by atoms with Gasteiger partial charge in [0.05, 0.1) is 12.2 Å². The molecule has 1 N–H and O–H groups in total. The zero-order valence-corrected chi connectivity index (χ0v) is 13.6. The largest absolute Gasteiger partial charge is 0.352 e. The van der Waals surface area contributed by atoms with Crippen molar-refractivity contribution >= 4 is 17.2 Å². The molecule has 1 unspecified atom stereocenters. The highest BCUT2D eigenvalue weighted by Crippen LogP contribution is 2.29. The van der Waals surface area contributed by atoms with Crippen molar-refractivity contribution in [2.75, 3.05) is 18.5 Å². The molecule has 0 aliphatic carbocycles. The van der Waals surface area contributed by atoms with Crippen molar-refractivity contribution in [3.05, 3.63) is 46.0 Å². The molecule has 114 valence electrons. The van der Waals surface area contributed by atoms with Crippen LogP contribution in [0, 0.1) is 5.82 Å². The third kappa shape index (κ3) is 4.02. The number of hydrogen-bond donors (Lipinski definition) is 1. The van der Waals surface area contributed by atoms with Gasteiger partial charge < -0.3 is 10.2 Å². The van der Waals surface area contributed by atoms with Crippen LogP contribution in [0.4, 0.5) is 10.2 Å². The van der Waals surface area contributed by atoms with Gasteiger partial charge in [-0.1, -0.05) is 13.0 Å². The Bertz CT molecular complexity index is 557. The molecule has 0 aliphatic heterocycles. The molecule has 0 amide bonds. The van der Waals surface area contributed by atoms with Crippen LogP contribution < -0.4 is 10.2 Å². The molecule has 0 radical (unpaired) electrons. The van der Waals surface area contributed by atoms with E-state index in [1.54, 1.807) is 17.4 Å². The third-order valence-corrected chi connectivity index (χ3v) is 4.56. The maximum Gasteiger partial charge on any atom is 0.141 e. The predicted octanol–water partition coefficient (Wildman–Crippen LogP) is 3.98. The Balaban J connectivity index is 2.21. The third-order valence-electron chi connectivity index (χ3n) is 3.52. The Morgan fingerprint density at radius 1 is 1.48 bits per heavy atom. The number of hydrogen-bond acceptors (Lipinski definition) is 4. The van der Waals surface area contributed by atoms with Gasteiger partial charge in [0.2, 0.25) is 0 Å². The molecule has 0 bridgehead atoms. The summed E-state index contributed by atoms with van der Waals surface area (Å²) in [5.74, 6) is 0.546. The molecule has 21 heavy (non-hydrogen) atoms. The van der Waals surface area contributed by atoms with Gasteiger partial charge in [-0.15, -0.1) is 11.3 Å². The number of nitrogens with one attached hydrogen (secondary N) is 1. The summed E-state index contributed by atoms with van der Waals surface area (Å²) in [6.07, 6.45) is 2.34. The number of pyridine rings is 1. The molecule has 0 aromatic carbocycles. The van der Waals surface area contributed by atoms with E-state index in [-0.39, 0.29) is 11.9 Å². The average molecular weight is 307 g/mol. The van der Waals surface area contributed by atoms with Gasteiger partial charge in [0.1, 0.15) is 11.6 Å². The quantitative estimate of drug-likeness (QED) is 0.784. The number of aromatic nitrogens is 1. The lowest BCUT2D eigenvalue weighted by Gasteiger charge is -2.27. The average Bonchev–Trinajstić information content (AvgIpc) is 3.00. The molecule has 2 aromatic rings. The van der Waals surface area contributed by atoms with Crippen molar-refractivity contribution in [3.8, 4) is 0 Å². The standard InChI is InChI=1S/C16H22FN3S/c1-4-7-18-10-13-9-14(17)11-19-16(13)20(3)12(2)15-6-5-8-21-15/h5-6,8-9,11-12,18H,4,7,10H2,1-3H3. The normalized spacial score (nSPS) is 12.4. The Labute approximate surface area is 129 Å². The lowest BCUT2D eigenvalue weighted by molar-refractivity contribution is 0.608. The van der Waals surface area contributed by atoms with Crippen LogP contribution in [0.15, 0.2) is 29.8 Å². The number of rotatable bonds is 7. The Morgan fingerprint density at radius 2 is 2.29 bits per heavy atom.